The van der Waals surface area contributed by atoms with E-state index in [4.69, 9.17) is 5.26 Å². The monoisotopic (exact) mass is 113 g/mol. The number of rotatable bonds is 0. The lowest BCUT2D eigenvalue weighted by molar-refractivity contribution is 0.385. The van der Waals surface area contributed by atoms with Crippen molar-refractivity contribution in [1.82, 2.24) is 5.32 Å². The topological polar surface area (TPSA) is 57.4 Å². The summed E-state index contributed by atoms with van der Waals surface area (Å²) in [5.74, 6) is 0. The minimum absolute atomic E-state index is 0.229. The Hall–Kier alpha value is -1.24. The molecule has 0 atom stereocenters. The Bertz CT molecular complexity index is 118. The van der Waals surface area contributed by atoms with E-state index in [2.05, 4.69) is 15.0 Å². The molecule has 0 saturated carbocycles. The molecule has 0 heterocycles. The van der Waals surface area contributed by atoms with Gasteiger partial charge in [0.15, 0.2) is 0 Å². The van der Waals surface area contributed by atoms with Crippen LogP contribution in [0.5, 0.6) is 0 Å². The molecule has 0 saturated heterocycles. The number of nitrogens with one attached hydrogen (secondary N) is 1. The van der Waals surface area contributed by atoms with Gasteiger partial charge in [-0.15, -0.1) is 4.99 Å². The second kappa shape index (κ2) is 3.93. The molecule has 0 aliphatic rings. The van der Waals surface area contributed by atoms with Gasteiger partial charge in [-0.3, -0.25) is 0 Å². The SMILES string of the molecule is CN/C(=N/C#N)OC. The van der Waals surface area contributed by atoms with Crippen molar-refractivity contribution in [3.63, 3.8) is 0 Å². The van der Waals surface area contributed by atoms with Crippen LogP contribution >= 0.6 is 0 Å². The Morgan fingerprint density at radius 3 is 2.62 bits per heavy atom. The summed E-state index contributed by atoms with van der Waals surface area (Å²) in [7, 11) is 3.06. The van der Waals surface area contributed by atoms with Crippen LogP contribution in [-0.4, -0.2) is 20.2 Å². The molecule has 0 rings (SSSR count). The first-order chi connectivity index (χ1) is 3.85. The summed E-state index contributed by atoms with van der Waals surface area (Å²) in [6, 6.07) is 0.229. The average molecular weight is 113 g/mol. The van der Waals surface area contributed by atoms with Crippen molar-refractivity contribution < 1.29 is 4.74 Å². The number of hydrogen-bond donors (Lipinski definition) is 1. The smallest absolute Gasteiger partial charge is 0.299 e. The highest BCUT2D eigenvalue weighted by Crippen LogP contribution is 1.69. The highest BCUT2D eigenvalue weighted by Gasteiger charge is 1.86. The van der Waals surface area contributed by atoms with E-state index in [1.165, 1.54) is 7.11 Å². The molecule has 44 valence electrons. The van der Waals surface area contributed by atoms with E-state index in [-0.39, 0.29) is 6.02 Å². The first-order valence-corrected chi connectivity index (χ1v) is 2.03. The number of aliphatic imine (C=N–C) groups is 1. The van der Waals surface area contributed by atoms with E-state index in [0.717, 1.165) is 0 Å². The number of methoxy groups -OCH3 is 1. The van der Waals surface area contributed by atoms with Crippen LogP contribution in [0.1, 0.15) is 0 Å². The lowest BCUT2D eigenvalue weighted by Crippen LogP contribution is -2.19. The third kappa shape index (κ3) is 2.03. The van der Waals surface area contributed by atoms with E-state index in [1.807, 2.05) is 0 Å². The summed E-state index contributed by atoms with van der Waals surface area (Å²) < 4.78 is 4.56. The normalized spacial score (nSPS) is 9.88. The van der Waals surface area contributed by atoms with Crippen LogP contribution in [0.15, 0.2) is 4.99 Å². The number of nitriles is 1. The van der Waals surface area contributed by atoms with E-state index >= 15 is 0 Å². The zero-order valence-corrected chi connectivity index (χ0v) is 4.80. The fraction of sp³-hybridized carbons (Fsp3) is 0.500. The minimum Gasteiger partial charge on any atom is -0.468 e. The van der Waals surface area contributed by atoms with E-state index in [9.17, 15) is 0 Å². The van der Waals surface area contributed by atoms with Crippen molar-refractivity contribution in [3.8, 4) is 6.19 Å². The quantitative estimate of drug-likeness (QED) is 0.266. The van der Waals surface area contributed by atoms with Crippen molar-refractivity contribution in [2.24, 2.45) is 4.99 Å². The molecule has 0 spiro atoms. The molecule has 4 nitrogen and oxygen atoms in total. The van der Waals surface area contributed by atoms with Crippen LogP contribution in [-0.2, 0) is 4.74 Å². The minimum atomic E-state index is 0.229. The zero-order chi connectivity index (χ0) is 6.41. The van der Waals surface area contributed by atoms with Gasteiger partial charge in [0.05, 0.1) is 7.11 Å². The zero-order valence-electron chi connectivity index (χ0n) is 4.80. The van der Waals surface area contributed by atoms with Gasteiger partial charge in [0, 0.05) is 7.05 Å². The molecular formula is C4H7N3O. The number of nitrogens with zero attached hydrogens (tertiary/aromatic N) is 2. The lowest BCUT2D eigenvalue weighted by atomic mass is 11.0. The molecule has 0 aromatic rings. The first-order valence-electron chi connectivity index (χ1n) is 2.03. The predicted octanol–water partition coefficient (Wildman–Crippen LogP) is -0.311. The molecular weight excluding hydrogens is 106 g/mol. The van der Waals surface area contributed by atoms with Crippen molar-refractivity contribution in [3.05, 3.63) is 0 Å². The molecule has 0 aliphatic heterocycles. The molecule has 0 amide bonds. The van der Waals surface area contributed by atoms with Crippen LogP contribution in [0, 0.1) is 11.5 Å². The second-order valence-corrected chi connectivity index (χ2v) is 0.971. The van der Waals surface area contributed by atoms with Gasteiger partial charge in [-0.05, 0) is 0 Å². The number of hydrogen-bond acceptors (Lipinski definition) is 3. The predicted molar refractivity (Wildman–Crippen MR) is 29.1 cm³/mol. The molecule has 0 bridgehead atoms. The summed E-state index contributed by atoms with van der Waals surface area (Å²) in [4.78, 5) is 3.25. The van der Waals surface area contributed by atoms with Crippen LogP contribution in [0.4, 0.5) is 0 Å². The van der Waals surface area contributed by atoms with E-state index < -0.39 is 0 Å². The van der Waals surface area contributed by atoms with Crippen LogP contribution in [0.2, 0.25) is 0 Å². The molecule has 0 unspecified atom stereocenters. The molecule has 0 radical (unpaired) electrons. The van der Waals surface area contributed by atoms with Gasteiger partial charge in [-0.1, -0.05) is 0 Å². The van der Waals surface area contributed by atoms with Gasteiger partial charge in [-0.25, -0.2) is 0 Å². The van der Waals surface area contributed by atoms with Crippen molar-refractivity contribution in [1.29, 1.82) is 5.26 Å². The lowest BCUT2D eigenvalue weighted by Gasteiger charge is -1.96. The summed E-state index contributed by atoms with van der Waals surface area (Å²) in [5.41, 5.74) is 0. The molecule has 8 heavy (non-hydrogen) atoms. The maximum absolute atomic E-state index is 7.94. The summed E-state index contributed by atoms with van der Waals surface area (Å²) in [6.07, 6.45) is 1.57. The largest absolute Gasteiger partial charge is 0.468 e. The Morgan fingerprint density at radius 2 is 2.50 bits per heavy atom. The maximum atomic E-state index is 7.94. The third-order valence-corrected chi connectivity index (χ3v) is 0.559. The van der Waals surface area contributed by atoms with Gasteiger partial charge in [0.2, 0.25) is 6.19 Å². The standard InChI is InChI=1S/C4H7N3O/c1-6-4(8-2)7-3-5/h1-2H3,(H,6,7). The van der Waals surface area contributed by atoms with E-state index in [1.54, 1.807) is 13.2 Å². The van der Waals surface area contributed by atoms with Crippen LogP contribution in [0.3, 0.4) is 0 Å². The van der Waals surface area contributed by atoms with Gasteiger partial charge >= 0.3 is 0 Å². The van der Waals surface area contributed by atoms with Gasteiger partial charge < -0.3 is 10.1 Å². The second-order valence-electron chi connectivity index (χ2n) is 0.971. The molecule has 0 aromatic heterocycles. The molecule has 0 fully saturated rings. The van der Waals surface area contributed by atoms with Crippen molar-refractivity contribution >= 4 is 6.02 Å². The molecule has 1 N–H and O–H groups in total. The molecule has 0 aliphatic carbocycles. The highest BCUT2D eigenvalue weighted by molar-refractivity contribution is 5.73. The molecule has 4 heteroatoms. The summed E-state index contributed by atoms with van der Waals surface area (Å²) >= 11 is 0. The first kappa shape index (κ1) is 6.76. The fourth-order valence-electron chi connectivity index (χ4n) is 0.249. The van der Waals surface area contributed by atoms with Gasteiger partial charge in [0.25, 0.3) is 6.02 Å². The Labute approximate surface area is 47.8 Å². The average Bonchev–Trinajstić information content (AvgIpc) is 1.83. The van der Waals surface area contributed by atoms with Gasteiger partial charge in [0.1, 0.15) is 0 Å². The fourth-order valence-corrected chi connectivity index (χ4v) is 0.249. The Kier molecular flexibility index (Phi) is 3.32. The number of amidine groups is 1. The number of ether oxygens (including phenoxy) is 1. The molecule has 0 aromatic carbocycles. The van der Waals surface area contributed by atoms with E-state index in [0.29, 0.717) is 0 Å². The van der Waals surface area contributed by atoms with Crippen molar-refractivity contribution in [2.45, 2.75) is 0 Å². The highest BCUT2D eigenvalue weighted by atomic mass is 16.5. The maximum Gasteiger partial charge on any atom is 0.299 e. The Balaban J connectivity index is 3.72. The van der Waals surface area contributed by atoms with Crippen molar-refractivity contribution in [2.75, 3.05) is 14.2 Å². The van der Waals surface area contributed by atoms with Gasteiger partial charge in [-0.2, -0.15) is 5.26 Å². The van der Waals surface area contributed by atoms with Crippen LogP contribution in [0.25, 0.3) is 0 Å². The Morgan fingerprint density at radius 1 is 1.88 bits per heavy atom. The summed E-state index contributed by atoms with van der Waals surface area (Å²) in [6.45, 7) is 0. The third-order valence-electron chi connectivity index (χ3n) is 0.559. The van der Waals surface area contributed by atoms with Crippen LogP contribution < -0.4 is 5.32 Å². The summed E-state index contributed by atoms with van der Waals surface area (Å²) in [5, 5.41) is 10.5.